The van der Waals surface area contributed by atoms with Crippen LogP contribution in [-0.2, 0) is 0 Å². The lowest BCUT2D eigenvalue weighted by Crippen LogP contribution is -1.74. The van der Waals surface area contributed by atoms with Gasteiger partial charge in [-0.3, -0.25) is 0 Å². The number of allylic oxidation sites excluding steroid dienone is 16. The molecular weight excluding hydrogens is 497 g/mol. The Kier molecular flexibility index (Phi) is 14.8. The summed E-state index contributed by atoms with van der Waals surface area (Å²) >= 11 is 3.53. The van der Waals surface area contributed by atoms with Crippen LogP contribution in [0.25, 0.3) is 12.2 Å². The lowest BCUT2D eigenvalue weighted by Gasteiger charge is -1.97. The quantitative estimate of drug-likeness (QED) is 0.195. The highest BCUT2D eigenvalue weighted by atomic mass is 32.2. The highest BCUT2D eigenvalue weighted by Gasteiger charge is 1.91. The minimum absolute atomic E-state index is 1.21. The van der Waals surface area contributed by atoms with E-state index >= 15 is 0 Å². The van der Waals surface area contributed by atoms with Gasteiger partial charge >= 0.3 is 0 Å². The summed E-state index contributed by atoms with van der Waals surface area (Å²) in [6.45, 7) is 8.46. The first-order valence-electron chi connectivity index (χ1n) is 12.8. The average molecular weight is 537 g/mol. The third kappa shape index (κ3) is 13.4. The summed E-state index contributed by atoms with van der Waals surface area (Å²) in [4.78, 5) is 2.58. The van der Waals surface area contributed by atoms with Crippen molar-refractivity contribution in [2.24, 2.45) is 0 Å². The monoisotopic (exact) mass is 536 g/mol. The molecule has 2 rings (SSSR count). The Hall–Kier alpha value is -3.20. The second kappa shape index (κ2) is 18.1. The van der Waals surface area contributed by atoms with Crippen LogP contribution in [-0.4, -0.2) is 12.5 Å². The van der Waals surface area contributed by atoms with E-state index in [0.717, 1.165) is 0 Å². The molecule has 0 heterocycles. The van der Waals surface area contributed by atoms with Crippen molar-refractivity contribution in [3.8, 4) is 0 Å². The third-order valence-electron chi connectivity index (χ3n) is 5.57. The summed E-state index contributed by atoms with van der Waals surface area (Å²) in [7, 11) is 0. The Bertz CT molecular complexity index is 1170. The van der Waals surface area contributed by atoms with Crippen LogP contribution in [0.15, 0.2) is 154 Å². The summed E-state index contributed by atoms with van der Waals surface area (Å²) in [6, 6.07) is 17.2. The van der Waals surface area contributed by atoms with E-state index in [2.05, 4.69) is 174 Å². The molecular formula is C36H40S2. The number of benzene rings is 2. The summed E-state index contributed by atoms with van der Waals surface area (Å²) in [6.07, 6.45) is 33.9. The van der Waals surface area contributed by atoms with Gasteiger partial charge in [0.1, 0.15) is 0 Å². The standard InChI is InChI=1S/C36H40S2/c1-29(13-9-15-31(3)17-19-33-21-25-35(37-5)26-22-33)11-7-8-12-30(2)14-10-16-32(4)18-20-34-23-27-36(38-6)28-24-34/h7-28H,1-6H3/b8-7+,13-9+,14-10+,19-17+,20-18+,29-11+,30-12+,31-15+,32-16+. The Balaban J connectivity index is 1.81. The van der Waals surface area contributed by atoms with Crippen LogP contribution in [0, 0.1) is 0 Å². The molecule has 0 saturated carbocycles. The van der Waals surface area contributed by atoms with E-state index in [9.17, 15) is 0 Å². The molecule has 0 N–H and O–H groups in total. The van der Waals surface area contributed by atoms with Crippen LogP contribution < -0.4 is 0 Å². The number of hydrogen-bond acceptors (Lipinski definition) is 2. The van der Waals surface area contributed by atoms with Gasteiger partial charge in [0, 0.05) is 9.79 Å². The Morgan fingerprint density at radius 3 is 1.11 bits per heavy atom. The SMILES string of the molecule is CSc1ccc(/C=C/C(C)=C/C=C/C(C)=C/C=C/C=C(C)/C=C/C=C(C)/C=C/c2ccc(SC)cc2)cc1. The summed E-state index contributed by atoms with van der Waals surface area (Å²) in [5, 5.41) is 0. The van der Waals surface area contributed by atoms with E-state index in [1.165, 1.54) is 43.2 Å². The van der Waals surface area contributed by atoms with Gasteiger partial charge in [0.2, 0.25) is 0 Å². The predicted octanol–water partition coefficient (Wildman–Crippen LogP) is 11.3. The minimum Gasteiger partial charge on any atom is -0.130 e. The summed E-state index contributed by atoms with van der Waals surface area (Å²) in [5.74, 6) is 0. The molecule has 0 spiro atoms. The lowest BCUT2D eigenvalue weighted by molar-refractivity contribution is 1.45. The normalized spacial score (nSPS) is 14.4. The number of rotatable bonds is 12. The van der Waals surface area contributed by atoms with E-state index in [4.69, 9.17) is 0 Å². The van der Waals surface area contributed by atoms with Crippen LogP contribution in [0.1, 0.15) is 38.8 Å². The van der Waals surface area contributed by atoms with E-state index in [-0.39, 0.29) is 0 Å². The Morgan fingerprint density at radius 2 is 0.763 bits per heavy atom. The van der Waals surface area contributed by atoms with Gasteiger partial charge in [0.15, 0.2) is 0 Å². The molecule has 2 aromatic rings. The molecule has 0 aromatic heterocycles. The lowest BCUT2D eigenvalue weighted by atomic mass is 10.1. The Morgan fingerprint density at radius 1 is 0.447 bits per heavy atom. The van der Waals surface area contributed by atoms with Crippen molar-refractivity contribution in [1.29, 1.82) is 0 Å². The van der Waals surface area contributed by atoms with Gasteiger partial charge in [0.05, 0.1) is 0 Å². The van der Waals surface area contributed by atoms with Crippen molar-refractivity contribution in [2.45, 2.75) is 37.5 Å². The molecule has 2 aromatic carbocycles. The first kappa shape index (κ1) is 31.0. The maximum absolute atomic E-state index is 2.16. The fraction of sp³-hybridized carbons (Fsp3) is 0.167. The van der Waals surface area contributed by atoms with Gasteiger partial charge in [-0.25, -0.2) is 0 Å². The van der Waals surface area contributed by atoms with E-state index < -0.39 is 0 Å². The molecule has 0 atom stereocenters. The van der Waals surface area contributed by atoms with Crippen molar-refractivity contribution >= 4 is 35.7 Å². The molecule has 0 aliphatic heterocycles. The molecule has 38 heavy (non-hydrogen) atoms. The second-order valence-electron chi connectivity index (χ2n) is 8.96. The van der Waals surface area contributed by atoms with Crippen LogP contribution in [0.5, 0.6) is 0 Å². The number of hydrogen-bond donors (Lipinski definition) is 0. The zero-order valence-electron chi connectivity index (χ0n) is 23.5. The van der Waals surface area contributed by atoms with Crippen molar-refractivity contribution in [3.05, 3.63) is 155 Å². The van der Waals surface area contributed by atoms with Gasteiger partial charge in [-0.1, -0.05) is 132 Å². The third-order valence-corrected chi connectivity index (χ3v) is 7.06. The fourth-order valence-corrected chi connectivity index (χ4v) is 4.04. The van der Waals surface area contributed by atoms with E-state index in [0.29, 0.717) is 0 Å². The predicted molar refractivity (Wildman–Crippen MR) is 177 cm³/mol. The molecule has 0 unspecified atom stereocenters. The van der Waals surface area contributed by atoms with Crippen molar-refractivity contribution in [1.82, 2.24) is 0 Å². The van der Waals surface area contributed by atoms with E-state index in [1.54, 1.807) is 23.5 Å². The molecule has 0 nitrogen and oxygen atoms in total. The number of thioether (sulfide) groups is 2. The maximum atomic E-state index is 2.16. The zero-order valence-corrected chi connectivity index (χ0v) is 25.2. The van der Waals surface area contributed by atoms with Crippen LogP contribution in [0.3, 0.4) is 0 Å². The summed E-state index contributed by atoms with van der Waals surface area (Å²) < 4.78 is 0. The average Bonchev–Trinajstić information content (AvgIpc) is 2.93. The van der Waals surface area contributed by atoms with Crippen molar-refractivity contribution in [3.63, 3.8) is 0 Å². The maximum Gasteiger partial charge on any atom is 0.00695 e. The highest BCUT2D eigenvalue weighted by molar-refractivity contribution is 7.98. The van der Waals surface area contributed by atoms with Gasteiger partial charge in [-0.2, -0.15) is 0 Å². The topological polar surface area (TPSA) is 0 Å². The first-order valence-corrected chi connectivity index (χ1v) is 15.2. The molecule has 0 bridgehead atoms. The smallest absolute Gasteiger partial charge is 0.00695 e. The molecule has 0 aliphatic carbocycles. The molecule has 0 aliphatic rings. The van der Waals surface area contributed by atoms with Gasteiger partial charge in [-0.05, 0) is 75.6 Å². The summed E-state index contributed by atoms with van der Waals surface area (Å²) in [5.41, 5.74) is 7.28. The van der Waals surface area contributed by atoms with E-state index in [1.807, 2.05) is 0 Å². The van der Waals surface area contributed by atoms with Gasteiger partial charge in [0.25, 0.3) is 0 Å². The second-order valence-corrected chi connectivity index (χ2v) is 10.7. The van der Waals surface area contributed by atoms with Gasteiger partial charge < -0.3 is 0 Å². The first-order chi connectivity index (χ1) is 18.4. The van der Waals surface area contributed by atoms with Gasteiger partial charge in [-0.15, -0.1) is 23.5 Å². The molecule has 196 valence electrons. The molecule has 0 saturated heterocycles. The molecule has 2 heteroatoms. The minimum atomic E-state index is 1.21. The van der Waals surface area contributed by atoms with Crippen LogP contribution in [0.2, 0.25) is 0 Å². The molecule has 0 radical (unpaired) electrons. The van der Waals surface area contributed by atoms with Crippen LogP contribution in [0.4, 0.5) is 0 Å². The molecule has 0 amide bonds. The Labute approximate surface area is 239 Å². The van der Waals surface area contributed by atoms with Crippen LogP contribution >= 0.6 is 23.5 Å². The highest BCUT2D eigenvalue weighted by Crippen LogP contribution is 2.17. The zero-order chi connectivity index (χ0) is 27.6. The fourth-order valence-electron chi connectivity index (χ4n) is 3.23. The van der Waals surface area contributed by atoms with Crippen molar-refractivity contribution < 1.29 is 0 Å². The molecule has 0 fully saturated rings. The largest absolute Gasteiger partial charge is 0.130 e. The van der Waals surface area contributed by atoms with Crippen molar-refractivity contribution in [2.75, 3.05) is 12.5 Å².